The summed E-state index contributed by atoms with van der Waals surface area (Å²) in [5.41, 5.74) is 1.08. The molecule has 188 valence electrons. The number of rotatable bonds is 10. The van der Waals surface area contributed by atoms with Crippen molar-refractivity contribution >= 4 is 45.4 Å². The number of hydrogen-bond acceptors (Lipinski definition) is 4. The Labute approximate surface area is 221 Å². The number of aliphatic hydroxyl groups is 2. The van der Waals surface area contributed by atoms with Gasteiger partial charge < -0.3 is 14.6 Å². The molecule has 7 heteroatoms. The molecule has 4 nitrogen and oxygen atoms in total. The Morgan fingerprint density at radius 2 is 1.37 bits per heavy atom. The van der Waals surface area contributed by atoms with E-state index in [1.165, 1.54) is 0 Å². The number of alkyl halides is 1. The molecule has 0 heterocycles. The van der Waals surface area contributed by atoms with Gasteiger partial charge in [0.1, 0.15) is 0 Å². The lowest BCUT2D eigenvalue weighted by Crippen LogP contribution is -2.67. The highest BCUT2D eigenvalue weighted by molar-refractivity contribution is 9.09. The minimum atomic E-state index is -2.77. The summed E-state index contributed by atoms with van der Waals surface area (Å²) in [6.45, 7) is 8.74. The smallest absolute Gasteiger partial charge is 0.261 e. The fraction of sp³-hybridized carbons (Fsp3) is 0.357. The third-order valence-corrected chi connectivity index (χ3v) is 13.5. The van der Waals surface area contributed by atoms with Gasteiger partial charge in [0.2, 0.25) is 0 Å². The van der Waals surface area contributed by atoms with Crippen molar-refractivity contribution < 1.29 is 18.8 Å². The van der Waals surface area contributed by atoms with Crippen molar-refractivity contribution in [2.24, 2.45) is 0 Å². The number of halogens is 1. The zero-order valence-electron chi connectivity index (χ0n) is 20.7. The summed E-state index contributed by atoms with van der Waals surface area (Å²) in [6, 6.07) is 27.9. The van der Waals surface area contributed by atoms with Crippen LogP contribution >= 0.6 is 15.9 Å². The van der Waals surface area contributed by atoms with Gasteiger partial charge in [-0.3, -0.25) is 4.21 Å². The van der Waals surface area contributed by atoms with E-state index in [2.05, 4.69) is 61.0 Å². The zero-order chi connectivity index (χ0) is 25.6. The first-order valence-corrected chi connectivity index (χ1v) is 15.9. The lowest BCUT2D eigenvalue weighted by Gasteiger charge is -2.43. The molecule has 0 aliphatic carbocycles. The maximum atomic E-state index is 12.7. The Bertz CT molecular complexity index is 1050. The quantitative estimate of drug-likeness (QED) is 0.282. The maximum Gasteiger partial charge on any atom is 0.261 e. The molecule has 4 atom stereocenters. The van der Waals surface area contributed by atoms with Crippen LogP contribution in [0.2, 0.25) is 5.04 Å². The lowest BCUT2D eigenvalue weighted by atomic mass is 10.2. The SMILES string of the molecule is Cc1ccc(S(=O)C[C@H](O)[C@@H](O)[C@H](Br)CO[Si](c2ccccc2)(c2ccccc2)C(C)(C)C)cc1. The molecule has 0 aliphatic heterocycles. The van der Waals surface area contributed by atoms with Crippen LogP contribution in [0.25, 0.3) is 0 Å². The Kier molecular flexibility index (Phi) is 9.65. The molecule has 0 fully saturated rings. The third-order valence-electron chi connectivity index (χ3n) is 6.25. The second-order valence-electron chi connectivity index (χ2n) is 9.87. The van der Waals surface area contributed by atoms with Crippen LogP contribution < -0.4 is 10.4 Å². The van der Waals surface area contributed by atoms with Crippen LogP contribution in [0.4, 0.5) is 0 Å². The molecular weight excluding hydrogens is 540 g/mol. The second kappa shape index (κ2) is 12.1. The van der Waals surface area contributed by atoms with E-state index in [0.29, 0.717) is 4.90 Å². The topological polar surface area (TPSA) is 66.8 Å². The molecule has 35 heavy (non-hydrogen) atoms. The first-order chi connectivity index (χ1) is 16.6. The van der Waals surface area contributed by atoms with Crippen molar-refractivity contribution in [1.82, 2.24) is 0 Å². The summed E-state index contributed by atoms with van der Waals surface area (Å²) in [5, 5.41) is 23.7. The molecule has 3 aromatic rings. The molecule has 0 radical (unpaired) electrons. The van der Waals surface area contributed by atoms with Crippen LogP contribution in [0, 0.1) is 6.92 Å². The van der Waals surface area contributed by atoms with E-state index in [-0.39, 0.29) is 17.4 Å². The summed E-state index contributed by atoms with van der Waals surface area (Å²) >= 11 is 3.55. The minimum absolute atomic E-state index is 0.0501. The van der Waals surface area contributed by atoms with Gasteiger partial charge >= 0.3 is 0 Å². The molecule has 1 unspecified atom stereocenters. The second-order valence-corrected chi connectivity index (χ2v) is 16.9. The molecule has 0 aliphatic rings. The maximum absolute atomic E-state index is 12.7. The van der Waals surface area contributed by atoms with E-state index in [0.717, 1.165) is 15.9 Å². The van der Waals surface area contributed by atoms with Gasteiger partial charge in [-0.2, -0.15) is 0 Å². The van der Waals surface area contributed by atoms with Gasteiger partial charge in [0.25, 0.3) is 8.32 Å². The fourth-order valence-corrected chi connectivity index (χ4v) is 10.8. The molecule has 0 aromatic heterocycles. The van der Waals surface area contributed by atoms with Gasteiger partial charge in [0.15, 0.2) is 0 Å². The van der Waals surface area contributed by atoms with Gasteiger partial charge in [0, 0.05) is 11.5 Å². The van der Waals surface area contributed by atoms with Crippen molar-refractivity contribution in [3.05, 3.63) is 90.5 Å². The normalized spacial score (nSPS) is 15.9. The van der Waals surface area contributed by atoms with E-state index < -0.39 is 36.2 Å². The number of aryl methyl sites for hydroxylation is 1. The standard InChI is InChI=1S/C28H35BrO4SSi/c1-21-15-17-22(18-16-21)34(32)20-26(30)27(31)25(29)19-33-35(28(2,3)4,23-11-7-5-8-12-23)24-13-9-6-10-14-24/h5-18,25-27,30-31H,19-20H2,1-4H3/t25-,26+,27+,34?/m1/s1. The molecule has 3 rings (SSSR count). The molecule has 0 bridgehead atoms. The Balaban J connectivity index is 1.80. The van der Waals surface area contributed by atoms with Crippen molar-refractivity contribution in [1.29, 1.82) is 0 Å². The number of benzene rings is 3. The highest BCUT2D eigenvalue weighted by atomic mass is 79.9. The van der Waals surface area contributed by atoms with Gasteiger partial charge in [-0.25, -0.2) is 0 Å². The summed E-state index contributed by atoms with van der Waals surface area (Å²) in [6.07, 6.45) is -2.30. The first-order valence-electron chi connectivity index (χ1n) is 11.8. The summed E-state index contributed by atoms with van der Waals surface area (Å²) in [4.78, 5) is 0.103. The van der Waals surface area contributed by atoms with Crippen LogP contribution in [0.1, 0.15) is 26.3 Å². The molecular formula is C28H35BrO4SSi. The van der Waals surface area contributed by atoms with Gasteiger partial charge in [0.05, 0.1) is 33.6 Å². The fourth-order valence-electron chi connectivity index (χ4n) is 4.35. The summed E-state index contributed by atoms with van der Waals surface area (Å²) in [7, 11) is -4.18. The molecule has 0 amide bonds. The number of aliphatic hydroxyl groups excluding tert-OH is 2. The minimum Gasteiger partial charge on any atom is -0.406 e. The average molecular weight is 576 g/mol. The predicted molar refractivity (Wildman–Crippen MR) is 151 cm³/mol. The average Bonchev–Trinajstić information content (AvgIpc) is 2.84. The molecule has 2 N–H and O–H groups in total. The first kappa shape index (κ1) is 28.0. The largest absolute Gasteiger partial charge is 0.406 e. The van der Waals surface area contributed by atoms with Crippen molar-refractivity contribution in [2.45, 2.75) is 54.7 Å². The van der Waals surface area contributed by atoms with E-state index in [9.17, 15) is 14.4 Å². The number of hydrogen-bond donors (Lipinski definition) is 2. The third kappa shape index (κ3) is 6.59. The van der Waals surface area contributed by atoms with Crippen molar-refractivity contribution in [3.8, 4) is 0 Å². The van der Waals surface area contributed by atoms with E-state index in [1.54, 1.807) is 12.1 Å². The van der Waals surface area contributed by atoms with Crippen LogP contribution in [0.3, 0.4) is 0 Å². The summed E-state index contributed by atoms with van der Waals surface area (Å²) in [5.74, 6) is -0.0501. The molecule has 0 spiro atoms. The van der Waals surface area contributed by atoms with Crippen molar-refractivity contribution in [2.75, 3.05) is 12.4 Å². The Hall–Kier alpha value is -1.61. The molecule has 0 saturated carbocycles. The van der Waals surface area contributed by atoms with E-state index >= 15 is 0 Å². The van der Waals surface area contributed by atoms with Gasteiger partial charge in [-0.15, -0.1) is 0 Å². The molecule has 3 aromatic carbocycles. The highest BCUT2D eigenvalue weighted by Crippen LogP contribution is 2.37. The van der Waals surface area contributed by atoms with Gasteiger partial charge in [-0.1, -0.05) is 115 Å². The highest BCUT2D eigenvalue weighted by Gasteiger charge is 2.50. The van der Waals surface area contributed by atoms with Crippen LogP contribution in [-0.2, 0) is 15.2 Å². The zero-order valence-corrected chi connectivity index (χ0v) is 24.1. The Morgan fingerprint density at radius 1 is 0.886 bits per heavy atom. The van der Waals surface area contributed by atoms with Crippen LogP contribution in [0.15, 0.2) is 89.8 Å². The molecule has 0 saturated heterocycles. The summed E-state index contributed by atoms with van der Waals surface area (Å²) < 4.78 is 19.6. The van der Waals surface area contributed by atoms with E-state index in [1.807, 2.05) is 55.5 Å². The van der Waals surface area contributed by atoms with Crippen molar-refractivity contribution in [3.63, 3.8) is 0 Å². The Morgan fingerprint density at radius 3 is 1.83 bits per heavy atom. The lowest BCUT2D eigenvalue weighted by molar-refractivity contribution is 0.0256. The van der Waals surface area contributed by atoms with Crippen LogP contribution in [-0.4, -0.2) is 52.1 Å². The van der Waals surface area contributed by atoms with Gasteiger partial charge in [-0.05, 0) is 34.5 Å². The van der Waals surface area contributed by atoms with E-state index in [4.69, 9.17) is 4.43 Å². The van der Waals surface area contributed by atoms with Crippen LogP contribution in [0.5, 0.6) is 0 Å². The predicted octanol–water partition coefficient (Wildman–Crippen LogP) is 4.16. The monoisotopic (exact) mass is 574 g/mol.